The lowest BCUT2D eigenvalue weighted by Crippen LogP contribution is -2.70. The van der Waals surface area contributed by atoms with Crippen molar-refractivity contribution in [2.24, 2.45) is 0 Å². The van der Waals surface area contributed by atoms with E-state index in [0.29, 0.717) is 11.1 Å². The predicted octanol–water partition coefficient (Wildman–Crippen LogP) is 2.38. The van der Waals surface area contributed by atoms with E-state index >= 15 is 0 Å². The molecule has 0 unspecified atom stereocenters. The molecule has 1 aromatic carbocycles. The summed E-state index contributed by atoms with van der Waals surface area (Å²) in [7, 11) is 0. The van der Waals surface area contributed by atoms with Crippen LogP contribution in [0, 0.1) is 0 Å². The number of hydrogen-bond donors (Lipinski definition) is 2. The Morgan fingerprint density at radius 3 is 2.65 bits per heavy atom. The fourth-order valence-electron chi connectivity index (χ4n) is 3.72. The molecule has 10 nitrogen and oxygen atoms in total. The highest BCUT2D eigenvalue weighted by Crippen LogP contribution is 2.40. The molecule has 0 bridgehead atoms. The zero-order chi connectivity index (χ0) is 26.4. The van der Waals surface area contributed by atoms with E-state index in [4.69, 9.17) is 19.3 Å². The maximum Gasteiger partial charge on any atom is 0.514 e. The van der Waals surface area contributed by atoms with E-state index in [1.54, 1.807) is 12.1 Å². The Bertz CT molecular complexity index is 1210. The number of aliphatic hydroxyl groups is 1. The molecule has 3 heterocycles. The first kappa shape index (κ1) is 26.5. The number of amides is 2. The molecule has 0 radical (unpaired) electrons. The smallest absolute Gasteiger partial charge is 0.457 e. The highest BCUT2D eigenvalue weighted by molar-refractivity contribution is 8.00. The number of carbonyl (C=O) groups excluding carboxylic acids is 4. The molecule has 1 aromatic heterocycles. The number of carbonyl (C=O) groups is 4. The number of nitrogens with zero attached hydrogens (tertiary/aromatic N) is 1. The number of thioether (sulfide) groups is 1. The number of fused-ring (bicyclic) bond motifs is 1. The van der Waals surface area contributed by atoms with Crippen LogP contribution in [0.3, 0.4) is 0 Å². The molecule has 1 fully saturated rings. The second kappa shape index (κ2) is 12.1. The minimum Gasteiger partial charge on any atom is -0.457 e. The first-order valence-corrected chi connectivity index (χ1v) is 13.1. The number of rotatable bonds is 10. The Morgan fingerprint density at radius 2 is 1.97 bits per heavy atom. The highest BCUT2D eigenvalue weighted by atomic mass is 32.2. The van der Waals surface area contributed by atoms with Crippen molar-refractivity contribution < 1.29 is 38.5 Å². The summed E-state index contributed by atoms with van der Waals surface area (Å²) in [4.78, 5) is 52.6. The number of nitrogens with one attached hydrogen (secondary N) is 1. The van der Waals surface area contributed by atoms with Crippen molar-refractivity contribution in [3.8, 4) is 5.75 Å². The molecule has 2 amide bonds. The second-order valence-electron chi connectivity index (χ2n) is 7.99. The fourth-order valence-corrected chi connectivity index (χ4v) is 5.75. The van der Waals surface area contributed by atoms with Crippen LogP contribution in [0.25, 0.3) is 0 Å². The molecular formula is C25H24N2O8S2. The van der Waals surface area contributed by atoms with Crippen LogP contribution < -0.4 is 10.1 Å². The van der Waals surface area contributed by atoms with Crippen LogP contribution in [-0.2, 0) is 36.9 Å². The van der Waals surface area contributed by atoms with Gasteiger partial charge in [0.15, 0.2) is 0 Å². The summed E-state index contributed by atoms with van der Waals surface area (Å²) in [6, 6.07) is 9.12. The van der Waals surface area contributed by atoms with Crippen LogP contribution in [0.15, 0.2) is 65.7 Å². The van der Waals surface area contributed by atoms with E-state index in [2.05, 4.69) is 11.9 Å². The number of thiophene rings is 1. The van der Waals surface area contributed by atoms with Crippen molar-refractivity contribution in [2.45, 2.75) is 24.4 Å². The van der Waals surface area contributed by atoms with E-state index < -0.39 is 29.4 Å². The van der Waals surface area contributed by atoms with Gasteiger partial charge in [-0.25, -0.2) is 9.59 Å². The lowest BCUT2D eigenvalue weighted by atomic mass is 10.0. The molecule has 0 spiro atoms. The van der Waals surface area contributed by atoms with Gasteiger partial charge in [0.2, 0.25) is 5.91 Å². The number of aliphatic hydroxyl groups excluding tert-OH is 1. The van der Waals surface area contributed by atoms with Crippen LogP contribution in [-0.4, -0.2) is 64.3 Å². The van der Waals surface area contributed by atoms with Gasteiger partial charge in [-0.2, -0.15) is 0 Å². The molecule has 2 aromatic rings. The Hall–Kier alpha value is -3.61. The topological polar surface area (TPSA) is 131 Å². The molecule has 1 saturated heterocycles. The highest BCUT2D eigenvalue weighted by Gasteiger charge is 2.54. The van der Waals surface area contributed by atoms with Crippen LogP contribution in [0.4, 0.5) is 4.79 Å². The Kier molecular flexibility index (Phi) is 8.64. The zero-order valence-corrected chi connectivity index (χ0v) is 21.2. The summed E-state index contributed by atoms with van der Waals surface area (Å²) in [5.74, 6) is -1.01. The molecule has 0 aliphatic carbocycles. The number of hydrogen-bond acceptors (Lipinski definition) is 10. The normalized spacial score (nSPS) is 18.4. The van der Waals surface area contributed by atoms with Gasteiger partial charge in [0.1, 0.15) is 36.1 Å². The van der Waals surface area contributed by atoms with Crippen LogP contribution >= 0.6 is 23.1 Å². The quantitative estimate of drug-likeness (QED) is 0.200. The van der Waals surface area contributed by atoms with Gasteiger partial charge in [0, 0.05) is 16.2 Å². The van der Waals surface area contributed by atoms with Gasteiger partial charge in [-0.1, -0.05) is 30.9 Å². The Morgan fingerprint density at radius 1 is 1.19 bits per heavy atom. The van der Waals surface area contributed by atoms with Crippen molar-refractivity contribution in [3.05, 3.63) is 76.1 Å². The number of benzene rings is 1. The van der Waals surface area contributed by atoms with Crippen molar-refractivity contribution in [1.82, 2.24) is 10.2 Å². The van der Waals surface area contributed by atoms with Gasteiger partial charge >= 0.3 is 12.1 Å². The van der Waals surface area contributed by atoms with Crippen LogP contribution in [0.1, 0.15) is 10.4 Å². The van der Waals surface area contributed by atoms with Gasteiger partial charge in [-0.15, -0.1) is 23.1 Å². The van der Waals surface area contributed by atoms with Crippen LogP contribution in [0.5, 0.6) is 5.75 Å². The SMILES string of the molecule is C=CCOC(=O)C1=C(COC(=O)Oc2ccc(CO)cc2)CS[C@@H]2[C@H](NC(=O)Cc3cccs3)C(=O)N12. The molecule has 2 aliphatic rings. The van der Waals surface area contributed by atoms with E-state index in [9.17, 15) is 19.2 Å². The molecule has 194 valence electrons. The average molecular weight is 545 g/mol. The summed E-state index contributed by atoms with van der Waals surface area (Å²) in [6.07, 6.45) is 0.561. The summed E-state index contributed by atoms with van der Waals surface area (Å²) in [5.41, 5.74) is 1.02. The minimum atomic E-state index is -0.996. The lowest BCUT2D eigenvalue weighted by molar-refractivity contribution is -0.152. The first-order valence-electron chi connectivity index (χ1n) is 11.2. The van der Waals surface area contributed by atoms with Gasteiger partial charge in [-0.05, 0) is 29.1 Å². The monoisotopic (exact) mass is 544 g/mol. The molecule has 12 heteroatoms. The first-order chi connectivity index (χ1) is 17.9. The summed E-state index contributed by atoms with van der Waals surface area (Å²) in [6.45, 7) is 3.01. The lowest BCUT2D eigenvalue weighted by Gasteiger charge is -2.49. The predicted molar refractivity (Wildman–Crippen MR) is 136 cm³/mol. The minimum absolute atomic E-state index is 0.0144. The van der Waals surface area contributed by atoms with E-state index in [1.165, 1.54) is 46.2 Å². The standard InChI is InChI=1S/C25H24N2O8S2/c1-2-9-33-24(31)21-16(13-34-25(32)35-17-7-5-15(12-28)6-8-17)14-37-23-20(22(30)27(21)23)26-19(29)11-18-4-3-10-36-18/h2-8,10,20,23,28H,1,9,11-14H2,(H,26,29)/t20-,23-/m1/s1. The third kappa shape index (κ3) is 6.21. The van der Waals surface area contributed by atoms with E-state index in [1.807, 2.05) is 17.5 Å². The van der Waals surface area contributed by atoms with Gasteiger partial charge in [-0.3, -0.25) is 14.5 Å². The Labute approximate surface area is 220 Å². The third-order valence-electron chi connectivity index (χ3n) is 5.48. The van der Waals surface area contributed by atoms with E-state index in [0.717, 1.165) is 4.88 Å². The fraction of sp³-hybridized carbons (Fsp3) is 0.280. The second-order valence-corrected chi connectivity index (χ2v) is 10.1. The molecule has 2 N–H and O–H groups in total. The van der Waals surface area contributed by atoms with Gasteiger partial charge in [0.05, 0.1) is 13.0 Å². The maximum atomic E-state index is 13.0. The maximum absolute atomic E-state index is 13.0. The number of β-lactam (4-membered cyclic amide) rings is 1. The molecule has 4 rings (SSSR count). The average Bonchev–Trinajstić information content (AvgIpc) is 3.42. The Balaban J connectivity index is 1.42. The van der Waals surface area contributed by atoms with Crippen molar-refractivity contribution in [3.63, 3.8) is 0 Å². The number of ether oxygens (including phenoxy) is 3. The molecule has 37 heavy (non-hydrogen) atoms. The van der Waals surface area contributed by atoms with Gasteiger partial charge in [0.25, 0.3) is 5.91 Å². The molecule has 2 atom stereocenters. The largest absolute Gasteiger partial charge is 0.514 e. The van der Waals surface area contributed by atoms with Crippen molar-refractivity contribution >= 4 is 47.0 Å². The third-order valence-corrected chi connectivity index (χ3v) is 7.69. The summed E-state index contributed by atoms with van der Waals surface area (Å²) < 4.78 is 15.5. The summed E-state index contributed by atoms with van der Waals surface area (Å²) in [5, 5.41) is 13.2. The number of esters is 1. The van der Waals surface area contributed by atoms with Crippen molar-refractivity contribution in [1.29, 1.82) is 0 Å². The summed E-state index contributed by atoms with van der Waals surface area (Å²) >= 11 is 2.79. The molecular weight excluding hydrogens is 520 g/mol. The van der Waals surface area contributed by atoms with Gasteiger partial charge < -0.3 is 24.6 Å². The van der Waals surface area contributed by atoms with E-state index in [-0.39, 0.29) is 49.3 Å². The molecule has 2 aliphatic heterocycles. The zero-order valence-electron chi connectivity index (χ0n) is 19.6. The van der Waals surface area contributed by atoms with Crippen LogP contribution in [0.2, 0.25) is 0 Å². The molecule has 0 saturated carbocycles. The van der Waals surface area contributed by atoms with Crippen molar-refractivity contribution in [2.75, 3.05) is 19.0 Å².